The first-order chi connectivity index (χ1) is 15.1. The van der Waals surface area contributed by atoms with Gasteiger partial charge in [0, 0.05) is 50.6 Å². The summed E-state index contributed by atoms with van der Waals surface area (Å²) >= 11 is 0. The molecule has 8 nitrogen and oxygen atoms in total. The van der Waals surface area contributed by atoms with Crippen molar-refractivity contribution in [3.8, 4) is 11.5 Å². The number of hydrogen-bond donors (Lipinski definition) is 1. The second-order valence-corrected chi connectivity index (χ2v) is 7.88. The van der Waals surface area contributed by atoms with Crippen LogP contribution in [0.5, 0.6) is 11.5 Å². The molecule has 2 saturated heterocycles. The van der Waals surface area contributed by atoms with Crippen molar-refractivity contribution in [1.82, 2.24) is 10.3 Å². The lowest BCUT2D eigenvalue weighted by Crippen LogP contribution is -2.32. The summed E-state index contributed by atoms with van der Waals surface area (Å²) in [5.41, 5.74) is 1.70. The molecule has 0 saturated carbocycles. The number of hydrogen-bond acceptors (Lipinski definition) is 6. The van der Waals surface area contributed by atoms with Crippen LogP contribution in [0.4, 0.5) is 11.5 Å². The van der Waals surface area contributed by atoms with E-state index in [1.165, 1.54) is 12.8 Å². The van der Waals surface area contributed by atoms with Crippen LogP contribution in [-0.2, 0) is 16.1 Å². The third-order valence-corrected chi connectivity index (χ3v) is 5.88. The molecule has 0 spiro atoms. The van der Waals surface area contributed by atoms with E-state index in [2.05, 4.69) is 15.2 Å². The molecule has 2 fully saturated rings. The third kappa shape index (κ3) is 4.57. The molecule has 1 aromatic carbocycles. The summed E-state index contributed by atoms with van der Waals surface area (Å²) in [6.07, 6.45) is 4.35. The van der Waals surface area contributed by atoms with Gasteiger partial charge in [-0.15, -0.1) is 0 Å². The Bertz CT molecular complexity index is 958. The second kappa shape index (κ2) is 9.24. The Morgan fingerprint density at radius 2 is 1.90 bits per heavy atom. The number of benzene rings is 1. The average molecular weight is 425 g/mol. The number of anilines is 2. The topological polar surface area (TPSA) is 84.0 Å². The van der Waals surface area contributed by atoms with Crippen LogP contribution in [0.3, 0.4) is 0 Å². The van der Waals surface area contributed by atoms with Crippen LogP contribution in [0.2, 0.25) is 0 Å². The highest BCUT2D eigenvalue weighted by Gasteiger charge is 2.35. The number of amides is 2. The van der Waals surface area contributed by atoms with Gasteiger partial charge in [-0.05, 0) is 42.7 Å². The quantitative estimate of drug-likeness (QED) is 0.735. The number of nitrogens with zero attached hydrogens (tertiary/aromatic N) is 3. The molecule has 2 aliphatic heterocycles. The van der Waals surface area contributed by atoms with Gasteiger partial charge in [-0.1, -0.05) is 0 Å². The molecule has 1 unspecified atom stereocenters. The van der Waals surface area contributed by atoms with Crippen LogP contribution in [0.25, 0.3) is 0 Å². The Morgan fingerprint density at radius 3 is 2.65 bits per heavy atom. The van der Waals surface area contributed by atoms with E-state index in [1.54, 1.807) is 43.5 Å². The average Bonchev–Trinajstić information content (AvgIpc) is 3.47. The van der Waals surface area contributed by atoms with E-state index in [1.807, 2.05) is 12.1 Å². The monoisotopic (exact) mass is 424 g/mol. The van der Waals surface area contributed by atoms with Crippen molar-refractivity contribution in [1.29, 1.82) is 0 Å². The van der Waals surface area contributed by atoms with Gasteiger partial charge in [0.15, 0.2) is 11.5 Å². The number of ether oxygens (including phenoxy) is 2. The lowest BCUT2D eigenvalue weighted by Gasteiger charge is -2.19. The predicted octanol–water partition coefficient (Wildman–Crippen LogP) is 2.37. The molecule has 2 amide bonds. The van der Waals surface area contributed by atoms with Crippen molar-refractivity contribution in [2.75, 3.05) is 43.7 Å². The molecule has 31 heavy (non-hydrogen) atoms. The standard InChI is InChI=1S/C23H28N4O4/c1-30-19-6-5-18(13-20(19)31-2)27-15-17(12-22(27)28)23(29)25-14-16-7-8-24-21(11-16)26-9-3-4-10-26/h5-8,11,13,17H,3-4,9-10,12,14-15H2,1-2H3,(H,25,29). The molecule has 0 aliphatic carbocycles. The Morgan fingerprint density at radius 1 is 1.13 bits per heavy atom. The molecule has 3 heterocycles. The Kier molecular flexibility index (Phi) is 6.25. The third-order valence-electron chi connectivity index (χ3n) is 5.88. The highest BCUT2D eigenvalue weighted by Crippen LogP contribution is 2.34. The molecule has 4 rings (SSSR count). The van der Waals surface area contributed by atoms with Gasteiger partial charge in [0.25, 0.3) is 0 Å². The number of nitrogens with one attached hydrogen (secondary N) is 1. The van der Waals surface area contributed by atoms with E-state index >= 15 is 0 Å². The van der Waals surface area contributed by atoms with E-state index < -0.39 is 0 Å². The first-order valence-electron chi connectivity index (χ1n) is 10.6. The number of pyridine rings is 1. The van der Waals surface area contributed by atoms with E-state index in [0.29, 0.717) is 30.3 Å². The molecule has 0 bridgehead atoms. The van der Waals surface area contributed by atoms with E-state index in [-0.39, 0.29) is 24.2 Å². The van der Waals surface area contributed by atoms with Crippen LogP contribution >= 0.6 is 0 Å². The maximum atomic E-state index is 12.7. The maximum Gasteiger partial charge on any atom is 0.227 e. The normalized spacial score (nSPS) is 18.4. The van der Waals surface area contributed by atoms with Crippen molar-refractivity contribution in [2.45, 2.75) is 25.8 Å². The highest BCUT2D eigenvalue weighted by molar-refractivity contribution is 6.00. The van der Waals surface area contributed by atoms with Gasteiger partial charge in [0.1, 0.15) is 5.82 Å². The molecule has 2 aromatic rings. The Labute approximate surface area is 182 Å². The number of carbonyl (C=O) groups is 2. The first-order valence-corrected chi connectivity index (χ1v) is 10.6. The van der Waals surface area contributed by atoms with Crippen molar-refractivity contribution in [3.63, 3.8) is 0 Å². The summed E-state index contributed by atoms with van der Waals surface area (Å²) in [5, 5.41) is 2.98. The minimum Gasteiger partial charge on any atom is -0.493 e. The summed E-state index contributed by atoms with van der Waals surface area (Å²) in [5.74, 6) is 1.52. The van der Waals surface area contributed by atoms with Gasteiger partial charge in [0.05, 0.1) is 20.1 Å². The SMILES string of the molecule is COc1ccc(N2CC(C(=O)NCc3ccnc(N4CCCC4)c3)CC2=O)cc1OC. The smallest absolute Gasteiger partial charge is 0.227 e. The molecular weight excluding hydrogens is 396 g/mol. The zero-order chi connectivity index (χ0) is 21.8. The largest absolute Gasteiger partial charge is 0.493 e. The highest BCUT2D eigenvalue weighted by atomic mass is 16.5. The van der Waals surface area contributed by atoms with E-state index in [0.717, 1.165) is 24.5 Å². The number of aromatic nitrogens is 1. The van der Waals surface area contributed by atoms with Crippen LogP contribution in [-0.4, -0.2) is 50.7 Å². The van der Waals surface area contributed by atoms with Gasteiger partial charge in [-0.2, -0.15) is 0 Å². The van der Waals surface area contributed by atoms with Gasteiger partial charge < -0.3 is 24.6 Å². The number of rotatable bonds is 7. The maximum absolute atomic E-state index is 12.7. The molecule has 2 aliphatic rings. The summed E-state index contributed by atoms with van der Waals surface area (Å²) in [7, 11) is 3.12. The summed E-state index contributed by atoms with van der Waals surface area (Å²) in [4.78, 5) is 33.7. The predicted molar refractivity (Wildman–Crippen MR) is 118 cm³/mol. The lowest BCUT2D eigenvalue weighted by atomic mass is 10.1. The van der Waals surface area contributed by atoms with E-state index in [9.17, 15) is 9.59 Å². The fourth-order valence-electron chi connectivity index (χ4n) is 4.15. The lowest BCUT2D eigenvalue weighted by molar-refractivity contribution is -0.126. The minimum absolute atomic E-state index is 0.0763. The van der Waals surface area contributed by atoms with Crippen molar-refractivity contribution >= 4 is 23.3 Å². The van der Waals surface area contributed by atoms with Crippen molar-refractivity contribution in [3.05, 3.63) is 42.1 Å². The van der Waals surface area contributed by atoms with Crippen LogP contribution in [0.1, 0.15) is 24.8 Å². The zero-order valence-corrected chi connectivity index (χ0v) is 18.0. The molecule has 8 heteroatoms. The fraction of sp³-hybridized carbons (Fsp3) is 0.435. The van der Waals surface area contributed by atoms with Crippen molar-refractivity contribution in [2.24, 2.45) is 5.92 Å². The summed E-state index contributed by atoms with van der Waals surface area (Å²) in [6.45, 7) is 2.82. The summed E-state index contributed by atoms with van der Waals surface area (Å²) in [6, 6.07) is 9.26. The molecule has 1 atom stereocenters. The Balaban J connectivity index is 1.37. The fourth-order valence-corrected chi connectivity index (χ4v) is 4.15. The minimum atomic E-state index is -0.388. The van der Waals surface area contributed by atoms with Gasteiger partial charge in [0.2, 0.25) is 11.8 Å². The number of carbonyl (C=O) groups excluding carboxylic acids is 2. The Hall–Kier alpha value is -3.29. The van der Waals surface area contributed by atoms with Crippen molar-refractivity contribution < 1.29 is 19.1 Å². The summed E-state index contributed by atoms with van der Waals surface area (Å²) < 4.78 is 10.6. The van der Waals surface area contributed by atoms with Crippen LogP contribution in [0, 0.1) is 5.92 Å². The van der Waals surface area contributed by atoms with Crippen LogP contribution in [0.15, 0.2) is 36.5 Å². The molecule has 0 radical (unpaired) electrons. The molecule has 1 aromatic heterocycles. The zero-order valence-electron chi connectivity index (χ0n) is 18.0. The van der Waals surface area contributed by atoms with Gasteiger partial charge in [-0.3, -0.25) is 9.59 Å². The first kappa shape index (κ1) is 21.0. The second-order valence-electron chi connectivity index (χ2n) is 7.88. The molecular formula is C23H28N4O4. The van der Waals surface area contributed by atoms with Gasteiger partial charge in [-0.25, -0.2) is 4.98 Å². The van der Waals surface area contributed by atoms with E-state index in [4.69, 9.17) is 9.47 Å². The van der Waals surface area contributed by atoms with Crippen LogP contribution < -0.4 is 24.6 Å². The molecule has 164 valence electrons. The number of methoxy groups -OCH3 is 2. The molecule has 1 N–H and O–H groups in total. The van der Waals surface area contributed by atoms with Gasteiger partial charge >= 0.3 is 0 Å².